The fraction of sp³-hybridized carbons (Fsp3) is 0.211. The maximum Gasteiger partial charge on any atom is 0.196 e. The number of rotatable bonds is 6. The summed E-state index contributed by atoms with van der Waals surface area (Å²) in [5, 5.41) is 17.1. The zero-order valence-corrected chi connectivity index (χ0v) is 29.7. The summed E-state index contributed by atoms with van der Waals surface area (Å²) in [6.07, 6.45) is -2.20. The van der Waals surface area contributed by atoms with Crippen molar-refractivity contribution in [1.29, 1.82) is 0 Å². The standard InChI is InChI=1S/C37H40BOP.CHCl3/c1-26-22-28(3)36(29(4)23-26)38(39,37-30(5)24-27(2)25-31(37)6)32-18-20-35(21-19-32)40(7,33-14-10-8-11-15-33)34-16-12-9-13-17-34;2-1(3)4/h8-25,39H,1-7H3;1H. The van der Waals surface area contributed by atoms with Crippen molar-refractivity contribution in [2.75, 3.05) is 6.66 Å². The Kier molecular flexibility index (Phi) is 11.1. The Morgan fingerprint density at radius 3 is 1.14 bits per heavy atom. The molecule has 6 heteroatoms. The van der Waals surface area contributed by atoms with E-state index in [1.54, 1.807) is 0 Å². The molecule has 0 amide bonds. The van der Waals surface area contributed by atoms with E-state index in [4.69, 9.17) is 34.8 Å². The fourth-order valence-corrected chi connectivity index (χ4v) is 10.3. The molecule has 0 saturated heterocycles. The van der Waals surface area contributed by atoms with Gasteiger partial charge in [0.05, 0.1) is 6.66 Å². The van der Waals surface area contributed by atoms with Crippen molar-refractivity contribution < 1.29 is 5.02 Å². The number of aryl methyl sites for hydroxylation is 6. The smallest absolute Gasteiger partial charge is 0.196 e. The molecular weight excluding hydrogens is 621 g/mol. The molecule has 0 aliphatic rings. The minimum absolute atomic E-state index is 0.750. The van der Waals surface area contributed by atoms with Gasteiger partial charge in [0, 0.05) is 0 Å². The highest BCUT2D eigenvalue weighted by atomic mass is 35.6. The molecule has 0 unspecified atom stereocenters. The topological polar surface area (TPSA) is 20.2 Å². The molecule has 5 aromatic rings. The number of halogens is 3. The molecule has 1 N–H and O–H groups in total. The molecule has 5 aromatic carbocycles. The number of benzene rings is 5. The molecule has 0 aliphatic carbocycles. The van der Waals surface area contributed by atoms with E-state index in [0.717, 1.165) is 38.6 Å². The van der Waals surface area contributed by atoms with Crippen LogP contribution < -0.4 is 32.3 Å². The average Bonchev–Trinajstić information content (AvgIpc) is 2.96. The van der Waals surface area contributed by atoms with Crippen LogP contribution in [-0.2, 0) is 0 Å². The maximum atomic E-state index is 13.1. The van der Waals surface area contributed by atoms with Gasteiger partial charge in [-0.2, -0.15) is 16.4 Å². The Bertz CT molecular complexity index is 1580. The third kappa shape index (κ3) is 6.96. The van der Waals surface area contributed by atoms with Gasteiger partial charge in [-0.15, -0.1) is 0 Å². The van der Waals surface area contributed by atoms with Gasteiger partial charge in [-0.25, -0.2) is 0 Å². The van der Waals surface area contributed by atoms with E-state index in [1.807, 2.05) is 0 Å². The molecule has 0 bridgehead atoms. The van der Waals surface area contributed by atoms with Crippen LogP contribution in [0.1, 0.15) is 33.4 Å². The summed E-state index contributed by atoms with van der Waals surface area (Å²) in [5.74, 6) is 0. The van der Waals surface area contributed by atoms with Crippen LogP contribution in [0, 0.1) is 41.5 Å². The molecule has 0 saturated carbocycles. The minimum atomic E-state index is -2.20. The third-order valence-electron chi connectivity index (χ3n) is 8.75. The molecule has 0 aliphatic heterocycles. The molecule has 44 heavy (non-hydrogen) atoms. The highest BCUT2D eigenvalue weighted by Gasteiger charge is 2.40. The second kappa shape index (κ2) is 14.2. The summed E-state index contributed by atoms with van der Waals surface area (Å²) in [6, 6.07) is 39.5. The normalized spacial score (nSPS) is 11.7. The zero-order valence-electron chi connectivity index (χ0n) is 26.6. The predicted molar refractivity (Wildman–Crippen MR) is 201 cm³/mol. The van der Waals surface area contributed by atoms with Gasteiger partial charge in [-0.3, -0.25) is 0 Å². The van der Waals surface area contributed by atoms with Gasteiger partial charge in [-0.1, -0.05) is 141 Å². The molecule has 228 valence electrons. The average molecular weight is 662 g/mol. The van der Waals surface area contributed by atoms with Gasteiger partial charge in [-0.05, 0) is 77.9 Å². The van der Waals surface area contributed by atoms with E-state index < -0.39 is 17.9 Å². The quantitative estimate of drug-likeness (QED) is 0.114. The molecule has 0 spiro atoms. The van der Waals surface area contributed by atoms with Gasteiger partial charge in [0.2, 0.25) is 0 Å². The van der Waals surface area contributed by atoms with E-state index in [-0.39, 0.29) is 0 Å². The second-order valence-electron chi connectivity index (χ2n) is 12.0. The van der Waals surface area contributed by atoms with Crippen LogP contribution in [0.4, 0.5) is 0 Å². The molecule has 0 aromatic heterocycles. The van der Waals surface area contributed by atoms with Crippen LogP contribution in [0.3, 0.4) is 0 Å². The molecule has 0 heterocycles. The van der Waals surface area contributed by atoms with Crippen molar-refractivity contribution in [1.82, 2.24) is 0 Å². The van der Waals surface area contributed by atoms with E-state index >= 15 is 0 Å². The minimum Gasteiger partial charge on any atom is -0.594 e. The van der Waals surface area contributed by atoms with Crippen LogP contribution in [0.2, 0.25) is 0 Å². The Labute approximate surface area is 279 Å². The summed E-state index contributed by atoms with van der Waals surface area (Å²) >= 11 is 14.4. The molecule has 5 rings (SSSR count). The Morgan fingerprint density at radius 1 is 0.523 bits per heavy atom. The first-order chi connectivity index (χ1) is 20.8. The van der Waals surface area contributed by atoms with Crippen LogP contribution in [0.15, 0.2) is 109 Å². The lowest BCUT2D eigenvalue weighted by atomic mass is 9.26. The lowest BCUT2D eigenvalue weighted by Crippen LogP contribution is -2.70. The van der Waals surface area contributed by atoms with Crippen molar-refractivity contribution in [3.63, 3.8) is 0 Å². The summed E-state index contributed by atoms with van der Waals surface area (Å²) < 4.78 is -0.750. The second-order valence-corrected chi connectivity index (χ2v) is 17.5. The van der Waals surface area contributed by atoms with Gasteiger partial charge in [0.25, 0.3) is 0 Å². The highest BCUT2D eigenvalue weighted by Crippen LogP contribution is 2.51. The SMILES string of the molecule is Cc1cc(C)c([B-](O)(c2ccc([P+](C)(c3ccccc3)c3ccccc3)cc2)c2c(C)cc(C)cc2C)c(C)c1.ClC(Cl)Cl. The van der Waals surface area contributed by atoms with Crippen molar-refractivity contribution in [3.05, 3.63) is 143 Å². The van der Waals surface area contributed by atoms with Crippen molar-refractivity contribution in [3.8, 4) is 0 Å². The summed E-state index contributed by atoms with van der Waals surface area (Å²) in [7, 11) is -1.87. The Balaban J connectivity index is 0.00000104. The van der Waals surface area contributed by atoms with E-state index in [1.165, 1.54) is 27.0 Å². The Morgan fingerprint density at radius 2 is 0.818 bits per heavy atom. The first-order valence-electron chi connectivity index (χ1n) is 14.8. The largest absolute Gasteiger partial charge is 0.594 e. The molecule has 0 fully saturated rings. The third-order valence-corrected chi connectivity index (χ3v) is 12.7. The van der Waals surface area contributed by atoms with Crippen LogP contribution in [0.25, 0.3) is 0 Å². The highest BCUT2D eigenvalue weighted by molar-refractivity contribution is 7.95. The van der Waals surface area contributed by atoms with E-state index in [2.05, 4.69) is 157 Å². The number of alkyl halides is 3. The lowest BCUT2D eigenvalue weighted by molar-refractivity contribution is 0.582. The van der Waals surface area contributed by atoms with Gasteiger partial charge in [0.15, 0.2) is 10.6 Å². The monoisotopic (exact) mass is 660 g/mol. The van der Waals surface area contributed by atoms with Crippen molar-refractivity contribution in [2.24, 2.45) is 0 Å². The van der Waals surface area contributed by atoms with Gasteiger partial charge < -0.3 is 5.02 Å². The Hall–Kier alpha value is -2.58. The van der Waals surface area contributed by atoms with E-state index in [9.17, 15) is 5.02 Å². The number of hydrogen-bond acceptors (Lipinski definition) is 1. The van der Waals surface area contributed by atoms with Crippen molar-refractivity contribution in [2.45, 2.75) is 45.8 Å². The predicted octanol–water partition coefficient (Wildman–Crippen LogP) is 7.41. The molecule has 0 atom stereocenters. The maximum absolute atomic E-state index is 13.1. The van der Waals surface area contributed by atoms with Crippen molar-refractivity contribution >= 4 is 80.7 Å². The van der Waals surface area contributed by atoms with Gasteiger partial charge >= 0.3 is 0 Å². The van der Waals surface area contributed by atoms with Gasteiger partial charge in [0.1, 0.15) is 23.2 Å². The number of hydrogen-bond donors (Lipinski definition) is 1. The van der Waals surface area contributed by atoms with Crippen LogP contribution in [-0.4, -0.2) is 22.3 Å². The zero-order chi connectivity index (χ0) is 32.2. The van der Waals surface area contributed by atoms with E-state index in [0.29, 0.717) is 0 Å². The summed E-state index contributed by atoms with van der Waals surface area (Å²) in [5.41, 5.74) is 10.0. The van der Waals surface area contributed by atoms with Crippen LogP contribution in [0.5, 0.6) is 0 Å². The fourth-order valence-electron chi connectivity index (χ4n) is 7.13. The first kappa shape index (κ1) is 34.3. The van der Waals surface area contributed by atoms with Crippen LogP contribution >= 0.6 is 42.1 Å². The molecule has 1 nitrogen and oxygen atoms in total. The molecule has 0 radical (unpaired) electrons. The molecular formula is C38H41BCl3OP. The first-order valence-corrected chi connectivity index (χ1v) is 18.4. The lowest BCUT2D eigenvalue weighted by Gasteiger charge is -2.43. The summed E-state index contributed by atoms with van der Waals surface area (Å²) in [4.78, 5) is 0. The summed E-state index contributed by atoms with van der Waals surface area (Å²) in [6.45, 7) is 15.2.